The number of nitriles is 1. The SMILES string of the molecule is CC[C@@H]1CN2C(=O)N(c3ccc(Cl)cc3C#N)C[C@@H]2CN1c1ccc(Br)nc1C=O. The van der Waals surface area contributed by atoms with Crippen molar-refractivity contribution in [1.29, 1.82) is 5.26 Å². The molecule has 0 spiro atoms. The Morgan fingerprint density at radius 3 is 2.70 bits per heavy atom. The molecule has 154 valence electrons. The van der Waals surface area contributed by atoms with Crippen LogP contribution >= 0.6 is 27.5 Å². The average Bonchev–Trinajstić information content (AvgIpc) is 3.07. The third kappa shape index (κ3) is 3.53. The lowest BCUT2D eigenvalue weighted by Crippen LogP contribution is -2.57. The second-order valence-corrected chi connectivity index (χ2v) is 8.59. The third-order valence-corrected chi connectivity index (χ3v) is 6.37. The van der Waals surface area contributed by atoms with Crippen molar-refractivity contribution >= 4 is 51.2 Å². The number of carbonyl (C=O) groups is 2. The molecule has 2 aliphatic heterocycles. The molecule has 0 aliphatic carbocycles. The van der Waals surface area contributed by atoms with E-state index in [1.54, 1.807) is 23.1 Å². The second kappa shape index (κ2) is 8.25. The number of hydrogen-bond donors (Lipinski definition) is 0. The van der Waals surface area contributed by atoms with Gasteiger partial charge in [-0.05, 0) is 52.7 Å². The Balaban J connectivity index is 1.66. The van der Waals surface area contributed by atoms with Gasteiger partial charge in [0.25, 0.3) is 0 Å². The Bertz CT molecular complexity index is 1060. The van der Waals surface area contributed by atoms with Gasteiger partial charge in [0.05, 0.1) is 23.0 Å². The lowest BCUT2D eigenvalue weighted by atomic mass is 10.0. The number of fused-ring (bicyclic) bond motifs is 1. The first-order chi connectivity index (χ1) is 14.5. The summed E-state index contributed by atoms with van der Waals surface area (Å²) in [5.74, 6) is 0. The number of benzene rings is 1. The van der Waals surface area contributed by atoms with Crippen LogP contribution in [0.1, 0.15) is 29.4 Å². The summed E-state index contributed by atoms with van der Waals surface area (Å²) in [5, 5.41) is 9.95. The van der Waals surface area contributed by atoms with Crippen molar-refractivity contribution in [3.05, 3.63) is 51.2 Å². The number of nitrogens with zero attached hydrogens (tertiary/aromatic N) is 5. The average molecular weight is 489 g/mol. The Labute approximate surface area is 188 Å². The molecule has 2 amide bonds. The Morgan fingerprint density at radius 1 is 1.23 bits per heavy atom. The summed E-state index contributed by atoms with van der Waals surface area (Å²) in [5.41, 5.74) is 2.09. The molecule has 3 heterocycles. The van der Waals surface area contributed by atoms with Gasteiger partial charge in [0.1, 0.15) is 16.4 Å². The smallest absolute Gasteiger partial charge is 0.325 e. The minimum absolute atomic E-state index is 0.0625. The molecular formula is C21H19BrClN5O2. The zero-order valence-electron chi connectivity index (χ0n) is 16.3. The van der Waals surface area contributed by atoms with Gasteiger partial charge in [-0.2, -0.15) is 5.26 Å². The largest absolute Gasteiger partial charge is 0.363 e. The van der Waals surface area contributed by atoms with E-state index in [4.69, 9.17) is 11.6 Å². The Morgan fingerprint density at radius 2 is 2.00 bits per heavy atom. The molecule has 2 fully saturated rings. The van der Waals surface area contributed by atoms with Gasteiger partial charge >= 0.3 is 6.03 Å². The first-order valence-corrected chi connectivity index (χ1v) is 10.8. The Hall–Kier alpha value is -2.63. The van der Waals surface area contributed by atoms with Crippen LogP contribution < -0.4 is 9.80 Å². The number of aldehydes is 1. The minimum Gasteiger partial charge on any atom is -0.363 e. The van der Waals surface area contributed by atoms with Crippen molar-refractivity contribution in [3.8, 4) is 6.07 Å². The summed E-state index contributed by atoms with van der Waals surface area (Å²) >= 11 is 9.33. The van der Waals surface area contributed by atoms with Crippen molar-refractivity contribution in [1.82, 2.24) is 9.88 Å². The van der Waals surface area contributed by atoms with Crippen molar-refractivity contribution in [2.45, 2.75) is 25.4 Å². The zero-order valence-corrected chi connectivity index (χ0v) is 18.6. The van der Waals surface area contributed by atoms with Crippen LogP contribution in [0.4, 0.5) is 16.2 Å². The van der Waals surface area contributed by atoms with Crippen molar-refractivity contribution in [2.24, 2.45) is 0 Å². The molecule has 2 atom stereocenters. The molecular weight excluding hydrogens is 470 g/mol. The molecule has 1 aromatic heterocycles. The van der Waals surface area contributed by atoms with E-state index in [9.17, 15) is 14.9 Å². The third-order valence-electron chi connectivity index (χ3n) is 5.70. The number of rotatable bonds is 4. The van der Waals surface area contributed by atoms with E-state index in [-0.39, 0.29) is 18.1 Å². The highest BCUT2D eigenvalue weighted by Gasteiger charge is 2.45. The Kier molecular flexibility index (Phi) is 5.67. The van der Waals surface area contributed by atoms with Crippen LogP contribution in [-0.4, -0.2) is 53.9 Å². The van der Waals surface area contributed by atoms with Crippen molar-refractivity contribution < 1.29 is 9.59 Å². The molecule has 0 bridgehead atoms. The quantitative estimate of drug-likeness (QED) is 0.478. The number of amides is 2. The number of pyridine rings is 1. The van der Waals surface area contributed by atoms with E-state index in [1.807, 2.05) is 17.0 Å². The highest BCUT2D eigenvalue weighted by molar-refractivity contribution is 9.10. The molecule has 0 saturated carbocycles. The van der Waals surface area contributed by atoms with E-state index < -0.39 is 0 Å². The number of hydrogen-bond acceptors (Lipinski definition) is 5. The fraction of sp³-hybridized carbons (Fsp3) is 0.333. The number of aromatic nitrogens is 1. The molecule has 9 heteroatoms. The van der Waals surface area contributed by atoms with Crippen LogP contribution in [0.5, 0.6) is 0 Å². The van der Waals surface area contributed by atoms with Gasteiger partial charge in [-0.25, -0.2) is 9.78 Å². The van der Waals surface area contributed by atoms with E-state index in [0.717, 1.165) is 18.4 Å². The van der Waals surface area contributed by atoms with E-state index in [2.05, 4.69) is 38.8 Å². The summed E-state index contributed by atoms with van der Waals surface area (Å²) in [4.78, 5) is 34.8. The molecule has 0 unspecified atom stereocenters. The molecule has 1 aromatic carbocycles. The summed E-state index contributed by atoms with van der Waals surface area (Å²) in [6.45, 7) is 3.65. The first-order valence-electron chi connectivity index (χ1n) is 9.63. The number of urea groups is 1. The molecule has 2 aliphatic rings. The second-order valence-electron chi connectivity index (χ2n) is 7.34. The summed E-state index contributed by atoms with van der Waals surface area (Å²) in [6.07, 6.45) is 1.58. The van der Waals surface area contributed by atoms with Gasteiger partial charge in [0.2, 0.25) is 0 Å². The maximum atomic E-state index is 13.2. The normalized spacial score (nSPS) is 20.9. The number of halogens is 2. The topological polar surface area (TPSA) is 80.5 Å². The molecule has 2 saturated heterocycles. The van der Waals surface area contributed by atoms with Crippen molar-refractivity contribution in [3.63, 3.8) is 0 Å². The van der Waals surface area contributed by atoms with Crippen LogP contribution in [-0.2, 0) is 0 Å². The standard InChI is InChI=1S/C21H19BrClN5O2/c1-2-15-9-27-16(10-26(15)19-5-6-20(22)25-17(19)12-29)11-28(21(27)30)18-4-3-14(23)7-13(18)8-24/h3-7,12,15-16H,2,9-11H2,1H3/t15-,16+/m1/s1. The summed E-state index contributed by atoms with van der Waals surface area (Å²) in [7, 11) is 0. The lowest BCUT2D eigenvalue weighted by molar-refractivity contribution is 0.111. The predicted octanol–water partition coefficient (Wildman–Crippen LogP) is 4.09. The zero-order chi connectivity index (χ0) is 21.4. The van der Waals surface area contributed by atoms with Crippen LogP contribution in [0, 0.1) is 11.3 Å². The lowest BCUT2D eigenvalue weighted by Gasteiger charge is -2.44. The number of piperazine rings is 1. The fourth-order valence-corrected chi connectivity index (χ4v) is 4.73. The molecule has 30 heavy (non-hydrogen) atoms. The molecule has 4 rings (SSSR count). The molecule has 0 radical (unpaired) electrons. The van der Waals surface area contributed by atoms with Crippen LogP contribution in [0.25, 0.3) is 0 Å². The van der Waals surface area contributed by atoms with E-state index in [1.165, 1.54) is 0 Å². The summed E-state index contributed by atoms with van der Waals surface area (Å²) < 4.78 is 0.606. The van der Waals surface area contributed by atoms with Gasteiger partial charge in [-0.15, -0.1) is 0 Å². The van der Waals surface area contributed by atoms with Crippen molar-refractivity contribution in [2.75, 3.05) is 29.4 Å². The van der Waals surface area contributed by atoms with Gasteiger partial charge in [-0.1, -0.05) is 18.5 Å². The van der Waals surface area contributed by atoms with Crippen LogP contribution in [0.2, 0.25) is 5.02 Å². The van der Waals surface area contributed by atoms with Crippen LogP contribution in [0.3, 0.4) is 0 Å². The van der Waals surface area contributed by atoms with Gasteiger partial charge < -0.3 is 9.80 Å². The molecule has 2 aromatic rings. The monoisotopic (exact) mass is 487 g/mol. The molecule has 0 N–H and O–H groups in total. The highest BCUT2D eigenvalue weighted by atomic mass is 79.9. The maximum absolute atomic E-state index is 13.2. The van der Waals surface area contributed by atoms with Gasteiger partial charge in [0.15, 0.2) is 6.29 Å². The first kappa shape index (κ1) is 20.6. The van der Waals surface area contributed by atoms with Crippen LogP contribution in [0.15, 0.2) is 34.9 Å². The number of carbonyl (C=O) groups excluding carboxylic acids is 2. The maximum Gasteiger partial charge on any atom is 0.325 e. The summed E-state index contributed by atoms with van der Waals surface area (Å²) in [6, 6.07) is 10.7. The van der Waals surface area contributed by atoms with Gasteiger partial charge in [-0.3, -0.25) is 9.69 Å². The fourth-order valence-electron chi connectivity index (χ4n) is 4.24. The highest BCUT2D eigenvalue weighted by Crippen LogP contribution is 2.34. The van der Waals surface area contributed by atoms with E-state index >= 15 is 0 Å². The number of anilines is 2. The minimum atomic E-state index is -0.110. The molecule has 7 nitrogen and oxygen atoms in total. The van der Waals surface area contributed by atoms with Gasteiger partial charge in [0, 0.05) is 30.7 Å². The predicted molar refractivity (Wildman–Crippen MR) is 118 cm³/mol. The van der Waals surface area contributed by atoms with E-state index in [0.29, 0.717) is 46.2 Å².